The molecule has 160 valence electrons. The van der Waals surface area contributed by atoms with E-state index >= 15 is 0 Å². The molecule has 10 heteroatoms. The maximum Gasteiger partial charge on any atom is 0.248 e. The van der Waals surface area contributed by atoms with E-state index in [-0.39, 0.29) is 18.9 Å². The topological polar surface area (TPSA) is 93.7 Å². The molecule has 3 aromatic rings. The fraction of sp³-hybridized carbons (Fsp3) is 0.500. The Hall–Kier alpha value is -2.88. The summed E-state index contributed by atoms with van der Waals surface area (Å²) in [6, 6.07) is 5.30. The number of pyridine rings is 1. The van der Waals surface area contributed by atoms with Crippen LogP contribution in [-0.2, 0) is 13.5 Å². The minimum Gasteiger partial charge on any atom is -0.388 e. The van der Waals surface area contributed by atoms with Crippen LogP contribution in [0.2, 0.25) is 0 Å². The number of alkyl halides is 2. The average Bonchev–Trinajstić information content (AvgIpc) is 3.31. The maximum absolute atomic E-state index is 13.5. The van der Waals surface area contributed by atoms with Crippen molar-refractivity contribution >= 4 is 5.82 Å². The second-order valence-electron chi connectivity index (χ2n) is 7.87. The van der Waals surface area contributed by atoms with Gasteiger partial charge in [-0.1, -0.05) is 0 Å². The highest BCUT2D eigenvalue weighted by Crippen LogP contribution is 2.34. The van der Waals surface area contributed by atoms with Gasteiger partial charge in [0, 0.05) is 38.5 Å². The number of aromatic nitrogens is 6. The van der Waals surface area contributed by atoms with Crippen LogP contribution in [0.5, 0.6) is 0 Å². The van der Waals surface area contributed by atoms with Gasteiger partial charge in [0.15, 0.2) is 5.82 Å². The number of hydrogen-bond acceptors (Lipinski definition) is 6. The van der Waals surface area contributed by atoms with Crippen LogP contribution in [0.15, 0.2) is 30.6 Å². The Bertz CT molecular complexity index is 1010. The normalized spacial score (nSPS) is 17.8. The van der Waals surface area contributed by atoms with Gasteiger partial charge in [-0.15, -0.1) is 0 Å². The van der Waals surface area contributed by atoms with Gasteiger partial charge in [0.25, 0.3) is 0 Å². The van der Waals surface area contributed by atoms with Crippen molar-refractivity contribution in [3.8, 4) is 5.82 Å². The quantitative estimate of drug-likeness (QED) is 0.641. The van der Waals surface area contributed by atoms with Crippen LogP contribution in [0.1, 0.15) is 48.7 Å². The predicted octanol–water partition coefficient (Wildman–Crippen LogP) is 2.97. The number of nitrogens with one attached hydrogen (secondary N) is 1. The van der Waals surface area contributed by atoms with E-state index in [2.05, 4.69) is 25.6 Å². The molecule has 0 radical (unpaired) electrons. The molecule has 8 nitrogen and oxygen atoms in total. The second kappa shape index (κ2) is 8.10. The Morgan fingerprint density at radius 2 is 2.03 bits per heavy atom. The van der Waals surface area contributed by atoms with E-state index in [0.29, 0.717) is 42.2 Å². The first-order valence-corrected chi connectivity index (χ1v) is 10.00. The Morgan fingerprint density at radius 1 is 1.27 bits per heavy atom. The highest BCUT2D eigenvalue weighted by molar-refractivity contribution is 5.45. The molecule has 1 saturated carbocycles. The van der Waals surface area contributed by atoms with E-state index in [4.69, 9.17) is 0 Å². The SMILES string of the molecule is Cc1ccn(-c2cc(C(O)Cc3cnn(C)n3)cc(NC3CCC(F)(F)CC3)n2)n1. The lowest BCUT2D eigenvalue weighted by Gasteiger charge is -2.29. The highest BCUT2D eigenvalue weighted by Gasteiger charge is 2.35. The number of aryl methyl sites for hydroxylation is 2. The third-order valence-corrected chi connectivity index (χ3v) is 5.29. The molecule has 0 bridgehead atoms. The Balaban J connectivity index is 1.59. The molecule has 0 spiro atoms. The van der Waals surface area contributed by atoms with Crippen molar-refractivity contribution < 1.29 is 13.9 Å². The summed E-state index contributed by atoms with van der Waals surface area (Å²) in [5, 5.41) is 26.7. The highest BCUT2D eigenvalue weighted by atomic mass is 19.3. The van der Waals surface area contributed by atoms with Crippen LogP contribution in [0.25, 0.3) is 5.82 Å². The molecule has 1 aliphatic rings. The number of anilines is 1. The molecular formula is C20H25F2N7O. The molecule has 3 heterocycles. The minimum absolute atomic E-state index is 0.0864. The van der Waals surface area contributed by atoms with Crippen LogP contribution >= 0.6 is 0 Å². The van der Waals surface area contributed by atoms with Crippen molar-refractivity contribution in [1.29, 1.82) is 0 Å². The summed E-state index contributed by atoms with van der Waals surface area (Å²) in [6.07, 6.45) is 3.36. The summed E-state index contributed by atoms with van der Waals surface area (Å²) in [4.78, 5) is 6.04. The van der Waals surface area contributed by atoms with Gasteiger partial charge < -0.3 is 10.4 Å². The fourth-order valence-corrected chi connectivity index (χ4v) is 3.65. The van der Waals surface area contributed by atoms with E-state index in [9.17, 15) is 13.9 Å². The van der Waals surface area contributed by atoms with Gasteiger partial charge in [-0.25, -0.2) is 18.4 Å². The van der Waals surface area contributed by atoms with E-state index < -0.39 is 12.0 Å². The molecule has 3 aromatic heterocycles. The number of rotatable bonds is 6. The van der Waals surface area contributed by atoms with Crippen molar-refractivity contribution in [2.75, 3.05) is 5.32 Å². The third-order valence-electron chi connectivity index (χ3n) is 5.29. The van der Waals surface area contributed by atoms with Crippen LogP contribution in [0, 0.1) is 6.92 Å². The molecule has 1 fully saturated rings. The van der Waals surface area contributed by atoms with Gasteiger partial charge in [0.05, 0.1) is 23.7 Å². The van der Waals surface area contributed by atoms with E-state index in [1.54, 1.807) is 36.3 Å². The Morgan fingerprint density at radius 3 is 2.67 bits per heavy atom. The summed E-state index contributed by atoms with van der Waals surface area (Å²) in [5.41, 5.74) is 2.15. The number of nitrogens with zero attached hydrogens (tertiary/aromatic N) is 6. The molecule has 0 amide bonds. The molecule has 0 aromatic carbocycles. The number of aliphatic hydroxyl groups excluding tert-OH is 1. The summed E-state index contributed by atoms with van der Waals surface area (Å²) in [5.74, 6) is -1.51. The lowest BCUT2D eigenvalue weighted by atomic mass is 9.92. The van der Waals surface area contributed by atoms with Crippen LogP contribution < -0.4 is 5.32 Å². The Labute approximate surface area is 172 Å². The molecule has 1 aliphatic carbocycles. The van der Waals surface area contributed by atoms with Crippen LogP contribution in [0.4, 0.5) is 14.6 Å². The fourth-order valence-electron chi connectivity index (χ4n) is 3.65. The number of hydrogen-bond donors (Lipinski definition) is 2. The minimum atomic E-state index is -2.59. The van der Waals surface area contributed by atoms with Gasteiger partial charge in [-0.3, -0.25) is 0 Å². The van der Waals surface area contributed by atoms with Crippen molar-refractivity contribution in [2.45, 2.75) is 57.1 Å². The second-order valence-corrected chi connectivity index (χ2v) is 7.87. The largest absolute Gasteiger partial charge is 0.388 e. The first-order chi connectivity index (χ1) is 14.3. The summed E-state index contributed by atoms with van der Waals surface area (Å²) < 4.78 is 28.6. The molecule has 4 rings (SSSR count). The maximum atomic E-state index is 13.5. The van der Waals surface area contributed by atoms with E-state index in [0.717, 1.165) is 5.69 Å². The summed E-state index contributed by atoms with van der Waals surface area (Å²) >= 11 is 0. The zero-order valence-electron chi connectivity index (χ0n) is 17.0. The first kappa shape index (κ1) is 20.4. The van der Waals surface area contributed by atoms with E-state index in [1.165, 1.54) is 4.80 Å². The number of halogens is 2. The van der Waals surface area contributed by atoms with Crippen LogP contribution in [0.3, 0.4) is 0 Å². The van der Waals surface area contributed by atoms with Crippen molar-refractivity contribution in [3.63, 3.8) is 0 Å². The molecule has 0 saturated heterocycles. The monoisotopic (exact) mass is 417 g/mol. The van der Waals surface area contributed by atoms with Gasteiger partial charge in [0.2, 0.25) is 5.92 Å². The van der Waals surface area contributed by atoms with Crippen molar-refractivity contribution in [1.82, 2.24) is 29.8 Å². The van der Waals surface area contributed by atoms with Crippen molar-refractivity contribution in [2.24, 2.45) is 7.05 Å². The van der Waals surface area contributed by atoms with Gasteiger partial charge in [-0.05, 0) is 43.5 Å². The Kier molecular flexibility index (Phi) is 5.50. The smallest absolute Gasteiger partial charge is 0.248 e. The third kappa shape index (κ3) is 4.81. The number of aliphatic hydroxyl groups is 1. The molecule has 1 unspecified atom stereocenters. The molecule has 0 aliphatic heterocycles. The molecule has 1 atom stereocenters. The summed E-state index contributed by atoms with van der Waals surface area (Å²) in [7, 11) is 1.72. The average molecular weight is 417 g/mol. The van der Waals surface area contributed by atoms with Gasteiger partial charge in [-0.2, -0.15) is 20.1 Å². The lowest BCUT2D eigenvalue weighted by Crippen LogP contribution is -2.32. The first-order valence-electron chi connectivity index (χ1n) is 10.00. The zero-order valence-corrected chi connectivity index (χ0v) is 17.0. The standard InChI is InChI=1S/C20H25F2N7O/c1-13-5-8-29(26-13)19-10-14(17(30)11-16-12-23-28(2)27-16)9-18(25-19)24-15-3-6-20(21,22)7-4-15/h5,8-10,12,15,17,30H,3-4,6-7,11H2,1-2H3,(H,24,25). The molecule has 30 heavy (non-hydrogen) atoms. The van der Waals surface area contributed by atoms with Crippen molar-refractivity contribution in [3.05, 3.63) is 47.5 Å². The van der Waals surface area contributed by atoms with Crippen LogP contribution in [-0.4, -0.2) is 46.8 Å². The predicted molar refractivity (Wildman–Crippen MR) is 107 cm³/mol. The van der Waals surface area contributed by atoms with Gasteiger partial charge in [0.1, 0.15) is 5.82 Å². The zero-order chi connectivity index (χ0) is 21.3. The summed E-state index contributed by atoms with van der Waals surface area (Å²) in [6.45, 7) is 1.88. The van der Waals surface area contributed by atoms with Gasteiger partial charge >= 0.3 is 0 Å². The molecular weight excluding hydrogens is 392 g/mol. The lowest BCUT2D eigenvalue weighted by molar-refractivity contribution is -0.0361. The van der Waals surface area contributed by atoms with E-state index in [1.807, 2.05) is 13.0 Å². The molecule has 2 N–H and O–H groups in total.